The van der Waals surface area contributed by atoms with Gasteiger partial charge in [0, 0.05) is 24.5 Å². The molecule has 10 heteroatoms. The number of methoxy groups -OCH3 is 1. The summed E-state index contributed by atoms with van der Waals surface area (Å²) in [6.45, 7) is 1.45. The smallest absolute Gasteiger partial charge is 0.325 e. The molecule has 0 atom stereocenters. The third-order valence-corrected chi connectivity index (χ3v) is 9.53. The van der Waals surface area contributed by atoms with Crippen molar-refractivity contribution < 1.29 is 28.3 Å². The SMILES string of the molecule is COc1ccc(S(=O)(=O)C2(C(=O)O)CCN(Cc3ccc(-c4cccs4)cc3)CC2)cc1.NO. The van der Waals surface area contributed by atoms with Crippen molar-refractivity contribution in [3.63, 3.8) is 0 Å². The van der Waals surface area contributed by atoms with Gasteiger partial charge in [-0.2, -0.15) is 0 Å². The fourth-order valence-corrected chi connectivity index (χ4v) is 6.75. The summed E-state index contributed by atoms with van der Waals surface area (Å²) in [5.41, 5.74) is 2.28. The summed E-state index contributed by atoms with van der Waals surface area (Å²) in [5.74, 6) is 2.74. The van der Waals surface area contributed by atoms with Crippen molar-refractivity contribution in [1.82, 2.24) is 4.90 Å². The third-order valence-electron chi connectivity index (χ3n) is 6.10. The van der Waals surface area contributed by atoms with Crippen molar-refractivity contribution in [2.45, 2.75) is 29.0 Å². The number of ether oxygens (including phenoxy) is 1. The standard InChI is InChI=1S/C24H25NO5S2.H3NO/c1-30-20-8-10-21(11-9-20)32(28,29)24(23(26)27)12-14-25(15-13-24)17-18-4-6-19(7-5-18)22-3-2-16-31-22;1-2/h2-11,16H,12-15,17H2,1H3,(H,26,27);2H,1H2. The van der Waals surface area contributed by atoms with Gasteiger partial charge in [0.15, 0.2) is 14.6 Å². The number of nitrogens with zero attached hydrogens (tertiary/aromatic N) is 1. The summed E-state index contributed by atoms with van der Waals surface area (Å²) >= 11 is 1.69. The molecule has 0 aliphatic carbocycles. The molecule has 1 aliphatic rings. The van der Waals surface area contributed by atoms with Gasteiger partial charge in [0.05, 0.1) is 12.0 Å². The number of carboxylic acids is 1. The predicted octanol–water partition coefficient (Wildman–Crippen LogP) is 3.65. The van der Waals surface area contributed by atoms with Gasteiger partial charge in [-0.1, -0.05) is 30.3 Å². The molecule has 4 rings (SSSR count). The Morgan fingerprint density at radius 3 is 2.18 bits per heavy atom. The summed E-state index contributed by atoms with van der Waals surface area (Å²) in [7, 11) is -2.56. The van der Waals surface area contributed by atoms with Crippen LogP contribution in [0.15, 0.2) is 70.9 Å². The van der Waals surface area contributed by atoms with Crippen LogP contribution >= 0.6 is 11.3 Å². The highest BCUT2D eigenvalue weighted by Crippen LogP contribution is 2.37. The first-order valence-corrected chi connectivity index (χ1v) is 12.9. The first-order chi connectivity index (χ1) is 16.4. The molecule has 34 heavy (non-hydrogen) atoms. The normalized spacial score (nSPS) is 15.7. The molecule has 0 saturated carbocycles. The lowest BCUT2D eigenvalue weighted by molar-refractivity contribution is -0.141. The van der Waals surface area contributed by atoms with Crippen LogP contribution in [0.2, 0.25) is 0 Å². The average Bonchev–Trinajstić information content (AvgIpc) is 3.41. The highest BCUT2D eigenvalue weighted by Gasteiger charge is 2.53. The molecule has 0 radical (unpaired) electrons. The van der Waals surface area contributed by atoms with E-state index in [1.54, 1.807) is 11.3 Å². The summed E-state index contributed by atoms with van der Waals surface area (Å²) in [4.78, 5) is 15.6. The van der Waals surface area contributed by atoms with E-state index < -0.39 is 20.6 Å². The summed E-state index contributed by atoms with van der Waals surface area (Å²) in [5, 5.41) is 18.5. The zero-order valence-electron chi connectivity index (χ0n) is 18.8. The van der Waals surface area contributed by atoms with E-state index >= 15 is 0 Å². The minimum absolute atomic E-state index is 0.0123. The van der Waals surface area contributed by atoms with Gasteiger partial charge in [-0.25, -0.2) is 14.3 Å². The van der Waals surface area contributed by atoms with Crippen LogP contribution in [0.5, 0.6) is 5.75 Å². The Balaban J connectivity index is 0.00000158. The Hall–Kier alpha value is -2.76. The van der Waals surface area contributed by atoms with E-state index in [0.717, 1.165) is 11.1 Å². The van der Waals surface area contributed by atoms with Gasteiger partial charge in [-0.05, 0) is 59.7 Å². The molecule has 1 saturated heterocycles. The molecule has 1 aliphatic heterocycles. The number of thiophene rings is 1. The van der Waals surface area contributed by atoms with Crippen LogP contribution in [0.1, 0.15) is 18.4 Å². The lowest BCUT2D eigenvalue weighted by Crippen LogP contribution is -2.54. The fraction of sp³-hybridized carbons (Fsp3) is 0.292. The molecule has 0 bridgehead atoms. The number of nitrogens with two attached hydrogens (primary N) is 1. The van der Waals surface area contributed by atoms with Crippen molar-refractivity contribution in [3.8, 4) is 16.2 Å². The predicted molar refractivity (Wildman–Crippen MR) is 131 cm³/mol. The molecule has 182 valence electrons. The molecule has 0 amide bonds. The summed E-state index contributed by atoms with van der Waals surface area (Å²) in [6.07, 6.45) is 0.0912. The second-order valence-electron chi connectivity index (χ2n) is 7.93. The van der Waals surface area contributed by atoms with Crippen LogP contribution in [-0.4, -0.2) is 54.5 Å². The van der Waals surface area contributed by atoms with E-state index in [-0.39, 0.29) is 17.7 Å². The molecule has 2 aromatic carbocycles. The number of piperidine rings is 1. The van der Waals surface area contributed by atoms with Crippen molar-refractivity contribution in [2.75, 3.05) is 20.2 Å². The first-order valence-electron chi connectivity index (χ1n) is 10.6. The molecule has 0 spiro atoms. The van der Waals surface area contributed by atoms with Crippen LogP contribution in [0.3, 0.4) is 0 Å². The van der Waals surface area contributed by atoms with Crippen LogP contribution in [0.25, 0.3) is 10.4 Å². The second kappa shape index (κ2) is 11.1. The largest absolute Gasteiger partial charge is 0.497 e. The maximum atomic E-state index is 13.3. The number of hydrogen-bond donors (Lipinski definition) is 3. The number of sulfone groups is 1. The maximum Gasteiger partial charge on any atom is 0.325 e. The Labute approximate surface area is 203 Å². The van der Waals surface area contributed by atoms with Gasteiger partial charge in [-0.15, -0.1) is 11.3 Å². The summed E-state index contributed by atoms with van der Waals surface area (Å²) in [6, 6.07) is 18.3. The van der Waals surface area contributed by atoms with Gasteiger partial charge in [0.2, 0.25) is 0 Å². The van der Waals surface area contributed by atoms with Crippen LogP contribution < -0.4 is 10.6 Å². The molecule has 4 N–H and O–H groups in total. The molecular formula is C24H28N2O6S2. The van der Waals surface area contributed by atoms with Crippen LogP contribution in [-0.2, 0) is 21.2 Å². The van der Waals surface area contributed by atoms with Crippen molar-refractivity contribution >= 4 is 27.1 Å². The Bertz CT molecular complexity index is 1170. The number of carboxylic acid groups (broad SMARTS) is 1. The highest BCUT2D eigenvalue weighted by molar-refractivity contribution is 7.93. The molecule has 8 nitrogen and oxygen atoms in total. The molecule has 1 fully saturated rings. The minimum atomic E-state index is -4.06. The lowest BCUT2D eigenvalue weighted by atomic mass is 9.95. The van der Waals surface area contributed by atoms with Gasteiger partial charge in [-0.3, -0.25) is 9.69 Å². The Kier molecular flexibility index (Phi) is 8.45. The van der Waals surface area contributed by atoms with E-state index in [0.29, 0.717) is 25.4 Å². The van der Waals surface area contributed by atoms with Crippen molar-refractivity contribution in [2.24, 2.45) is 5.90 Å². The highest BCUT2D eigenvalue weighted by atomic mass is 32.2. The van der Waals surface area contributed by atoms with E-state index in [1.165, 1.54) is 36.3 Å². The van der Waals surface area contributed by atoms with Crippen molar-refractivity contribution in [1.29, 1.82) is 0 Å². The third kappa shape index (κ3) is 5.16. The number of aliphatic carboxylic acids is 1. The number of hydrogen-bond acceptors (Lipinski definition) is 8. The van der Waals surface area contributed by atoms with E-state index in [9.17, 15) is 18.3 Å². The van der Waals surface area contributed by atoms with Gasteiger partial charge < -0.3 is 15.1 Å². The second-order valence-corrected chi connectivity index (χ2v) is 11.1. The van der Waals surface area contributed by atoms with Gasteiger partial charge in [0.25, 0.3) is 0 Å². The monoisotopic (exact) mass is 504 g/mol. The number of carbonyl (C=O) groups is 1. The maximum absolute atomic E-state index is 13.3. The Morgan fingerprint density at radius 2 is 1.68 bits per heavy atom. The minimum Gasteiger partial charge on any atom is -0.497 e. The Morgan fingerprint density at radius 1 is 1.06 bits per heavy atom. The van der Waals surface area contributed by atoms with Gasteiger partial charge in [0.1, 0.15) is 5.75 Å². The van der Waals surface area contributed by atoms with E-state index in [2.05, 4.69) is 41.1 Å². The topological polar surface area (TPSA) is 130 Å². The zero-order valence-corrected chi connectivity index (χ0v) is 20.4. The number of rotatable bonds is 7. The van der Waals surface area contributed by atoms with Crippen LogP contribution in [0.4, 0.5) is 0 Å². The molecular weight excluding hydrogens is 476 g/mol. The van der Waals surface area contributed by atoms with E-state index in [4.69, 9.17) is 9.94 Å². The molecule has 3 aromatic rings. The molecule has 0 unspecified atom stereocenters. The van der Waals surface area contributed by atoms with Crippen LogP contribution in [0, 0.1) is 0 Å². The lowest BCUT2D eigenvalue weighted by Gasteiger charge is -2.38. The van der Waals surface area contributed by atoms with Gasteiger partial charge >= 0.3 is 5.97 Å². The number of benzene rings is 2. The van der Waals surface area contributed by atoms with Crippen molar-refractivity contribution in [3.05, 3.63) is 71.6 Å². The average molecular weight is 505 g/mol. The summed E-state index contributed by atoms with van der Waals surface area (Å²) < 4.78 is 29.9. The zero-order chi connectivity index (χ0) is 24.8. The molecule has 2 heterocycles. The first kappa shape index (κ1) is 25.9. The molecule has 1 aromatic heterocycles. The quantitative estimate of drug-likeness (QED) is 0.416. The fourth-order valence-electron chi connectivity index (χ4n) is 4.13. The van der Waals surface area contributed by atoms with E-state index in [1.807, 2.05) is 11.4 Å². The number of likely N-dealkylation sites (tertiary alicyclic amines) is 1.